The minimum atomic E-state index is -2.24. The van der Waals surface area contributed by atoms with Crippen LogP contribution in [-0.2, 0) is 57.1 Å². The van der Waals surface area contributed by atoms with E-state index in [9.17, 15) is 69.3 Å². The Morgan fingerprint density at radius 3 is 1.32 bits per heavy atom. The molecule has 4 saturated carbocycles. The number of ether oxygens (including phenoxy) is 8. The number of hydrogen-bond donors (Lipinski definition) is 7. The van der Waals surface area contributed by atoms with E-state index < -0.39 is 189 Å². The monoisotopic (exact) mass is 1410 g/mol. The summed E-state index contributed by atoms with van der Waals surface area (Å²) in [7, 11) is 0. The number of rotatable bonds is 8. The number of fused-ring (bicyclic) bond motifs is 10. The standard InChI is InChI=1S/C32H40O12.C29H36O10.Ce.3ClH/c1-7-40-28(38)42-23-22-16(2)19(34)14-32(39,29(22,4)5)26(43-27(37)18-11-9-8-10-12-18)24-30(6,25(23)36)20(35)13-21-31(24,15-41-21)44-17(3)33;1-14-17(31)12-29(36)24(38-25(35)16-9-7-6-8-10-16)22-27(5,23(34)21(33)20(14)26(29,3)4)18(32)11-19-28(22,13-37-19)39-15(2)30;;;;/h8-12,19-21,23-24,26,34-35,39H,7,13-15H2,1-6H3;6-10,17-19,21-22,24,31-33,36H,11-13H2,1-5H3;;3*1H/q;;+3;;;/p-3/t19-,20-,21+,23+,24?,26-,30+,31-,32+;17-,18-,19+,21+,22?,24-,27+,28-,29+;;;;/m00..../s1. The van der Waals surface area contributed by atoms with Crippen LogP contribution in [0.4, 0.5) is 4.79 Å². The zero-order valence-electron chi connectivity index (χ0n) is 50.0. The molecule has 87 heavy (non-hydrogen) atoms. The molecular formula is C61H76CeCl3O22. The van der Waals surface area contributed by atoms with E-state index >= 15 is 0 Å². The molecule has 0 aromatic heterocycles. The molecule has 2 aliphatic heterocycles. The van der Waals surface area contributed by atoms with Crippen molar-refractivity contribution in [1.29, 1.82) is 0 Å². The Labute approximate surface area is 524 Å². The van der Waals surface area contributed by atoms with Gasteiger partial charge in [-0.05, 0) is 81.2 Å². The van der Waals surface area contributed by atoms with Crippen LogP contribution < -0.4 is 0 Å². The number of halogens is 3. The Kier molecular flexibility index (Phi) is 19.9. The number of carbonyl (C=O) groups excluding carboxylic acids is 7. The van der Waals surface area contributed by atoms with Gasteiger partial charge in [-0.15, -0.1) is 0 Å². The first-order chi connectivity index (χ1) is 40.4. The Morgan fingerprint density at radius 2 is 0.966 bits per heavy atom. The molecule has 26 heteroatoms. The quantitative estimate of drug-likeness (QED) is 0.0986. The molecule has 0 radical (unpaired) electrons. The second-order valence-corrected chi connectivity index (χ2v) is 39.2. The van der Waals surface area contributed by atoms with Gasteiger partial charge in [-0.25, -0.2) is 14.4 Å². The van der Waals surface area contributed by atoms with Crippen LogP contribution in [0, 0.1) is 64.2 Å². The van der Waals surface area contributed by atoms with Gasteiger partial charge in [0.05, 0.1) is 78.0 Å². The van der Waals surface area contributed by atoms with E-state index in [1.54, 1.807) is 84.9 Å². The predicted molar refractivity (Wildman–Crippen MR) is 304 cm³/mol. The molecule has 2 saturated heterocycles. The average Bonchev–Trinajstić information content (AvgIpc) is 0.681. The van der Waals surface area contributed by atoms with Crippen LogP contribution in [0.1, 0.15) is 123 Å². The maximum atomic E-state index is 14.9. The van der Waals surface area contributed by atoms with Crippen molar-refractivity contribution in [3.8, 4) is 0 Å². The molecule has 18 atom stereocenters. The van der Waals surface area contributed by atoms with Gasteiger partial charge in [0.2, 0.25) is 0 Å². The molecular weight excluding hydrogens is 1330 g/mol. The van der Waals surface area contributed by atoms with Gasteiger partial charge in [0.1, 0.15) is 41.7 Å². The molecule has 4 bridgehead atoms. The molecule has 2 aromatic rings. The van der Waals surface area contributed by atoms with Crippen LogP contribution in [0.15, 0.2) is 83.0 Å². The van der Waals surface area contributed by atoms with Gasteiger partial charge < -0.3 is 73.6 Å². The van der Waals surface area contributed by atoms with E-state index in [2.05, 4.69) is 0 Å². The zero-order chi connectivity index (χ0) is 64.7. The Morgan fingerprint density at radius 1 is 0.598 bits per heavy atom. The summed E-state index contributed by atoms with van der Waals surface area (Å²) in [5.74, 6) is -7.36. The van der Waals surface area contributed by atoms with E-state index in [0.717, 1.165) is 0 Å². The van der Waals surface area contributed by atoms with Gasteiger partial charge in [0.25, 0.3) is 0 Å². The first kappa shape index (κ1) is 69.2. The van der Waals surface area contributed by atoms with Crippen LogP contribution in [-0.4, -0.2) is 181 Å². The summed E-state index contributed by atoms with van der Waals surface area (Å²) in [4.78, 5) is 94.4. The van der Waals surface area contributed by atoms with Crippen molar-refractivity contribution in [3.05, 3.63) is 94.1 Å². The molecule has 0 amide bonds. The molecule has 22 nitrogen and oxygen atoms in total. The second kappa shape index (κ2) is 25.1. The predicted octanol–water partition coefficient (Wildman–Crippen LogP) is 5.41. The van der Waals surface area contributed by atoms with Gasteiger partial charge in [-0.2, -0.15) is 0 Å². The molecule has 2 unspecified atom stereocenters. The van der Waals surface area contributed by atoms with Crippen molar-refractivity contribution < 1.29 is 138 Å². The number of Topliss-reactive ketones (excluding diaryl/α,β-unsaturated/α-hetero) is 2. The fraction of sp³-hybridized carbons (Fsp3) is 0.623. The van der Waals surface area contributed by atoms with E-state index in [4.69, 9.17) is 54.8 Å². The summed E-state index contributed by atoms with van der Waals surface area (Å²) in [5.41, 5.74) is 2.12. The zero-order valence-corrected chi connectivity index (χ0v) is 55.4. The van der Waals surface area contributed by atoms with Crippen LogP contribution >= 0.6 is 16.9 Å². The van der Waals surface area contributed by atoms with Crippen molar-refractivity contribution in [1.82, 2.24) is 0 Å². The topological polar surface area (TPSA) is 335 Å². The van der Waals surface area contributed by atoms with Gasteiger partial charge in [0, 0.05) is 50.4 Å². The summed E-state index contributed by atoms with van der Waals surface area (Å²) < 4.78 is 46.3. The van der Waals surface area contributed by atoms with Crippen LogP contribution in [0.25, 0.3) is 0 Å². The SMILES string of the molecule is CC(=O)O[C@@]12CO[C@@H]1C[C@H](O)[C@@]1(C)C(=O)[C@H](O)C3=C(C)[C@@H](O)C[C@@](O)([C@@H](OC(=O)c4ccccc4)C12)C3(C)C.CCOC(=O)O[C@H]1C(=O)[C@@]2(C)C([C@H](OC(=O)c3ccccc3)[C@]3(O)C[C@H](O)C(C)=C1C3(C)C)[C@]1(OC(C)=O)CO[C@@H]1C[C@@H]2O.[Cl][Ce]([Cl])[Cl]. The number of hydrogen-bond acceptors (Lipinski definition) is 22. The van der Waals surface area contributed by atoms with E-state index in [0.29, 0.717) is 5.57 Å². The third kappa shape index (κ3) is 11.2. The number of benzene rings is 2. The molecule has 10 rings (SSSR count). The average molecular weight is 1410 g/mol. The number of carbonyl (C=O) groups is 7. The normalized spacial score (nSPS) is 39.2. The second-order valence-electron chi connectivity index (χ2n) is 25.4. The van der Waals surface area contributed by atoms with Crippen molar-refractivity contribution in [2.75, 3.05) is 19.8 Å². The van der Waals surface area contributed by atoms with Crippen molar-refractivity contribution in [2.45, 2.75) is 185 Å². The Bertz CT molecular complexity index is 3100. The third-order valence-corrected chi connectivity index (χ3v) is 20.3. The van der Waals surface area contributed by atoms with Crippen molar-refractivity contribution >= 4 is 58.5 Å². The van der Waals surface area contributed by atoms with Crippen LogP contribution in [0.2, 0.25) is 0 Å². The molecule has 8 aliphatic rings. The van der Waals surface area contributed by atoms with Gasteiger partial charge >= 0.3 is 77.6 Å². The fourth-order valence-corrected chi connectivity index (χ4v) is 15.7. The summed E-state index contributed by atoms with van der Waals surface area (Å²) >= 11 is -2.24. The van der Waals surface area contributed by atoms with Crippen molar-refractivity contribution in [3.63, 3.8) is 0 Å². The van der Waals surface area contributed by atoms with Gasteiger partial charge in [0.15, 0.2) is 28.9 Å². The molecule has 6 aliphatic carbocycles. The molecule has 0 spiro atoms. The molecule has 7 N–H and O–H groups in total. The molecule has 477 valence electrons. The number of aliphatic hydroxyl groups excluding tert-OH is 5. The Balaban J connectivity index is 0.000000214. The van der Waals surface area contributed by atoms with Crippen molar-refractivity contribution in [2.24, 2.45) is 33.5 Å². The maximum absolute atomic E-state index is 14.9. The summed E-state index contributed by atoms with van der Waals surface area (Å²) in [6.07, 6.45) is -16.0. The molecule has 2 aromatic carbocycles. The van der Waals surface area contributed by atoms with Crippen LogP contribution in [0.5, 0.6) is 0 Å². The summed E-state index contributed by atoms with van der Waals surface area (Å²) in [6, 6.07) is 16.1. The van der Waals surface area contributed by atoms with E-state index in [1.807, 2.05) is 0 Å². The fourth-order valence-electron chi connectivity index (χ4n) is 15.7. The first-order valence-corrected chi connectivity index (χ1v) is 40.4. The third-order valence-electron chi connectivity index (χ3n) is 20.3. The van der Waals surface area contributed by atoms with Gasteiger partial charge in [-0.1, -0.05) is 64.1 Å². The Hall–Kier alpha value is -3.70. The molecule has 6 fully saturated rings. The number of esters is 4. The van der Waals surface area contributed by atoms with Crippen LogP contribution in [0.3, 0.4) is 0 Å². The summed E-state index contributed by atoms with van der Waals surface area (Å²) in [6.45, 7) is 16.0. The van der Waals surface area contributed by atoms with E-state index in [-0.39, 0.29) is 73.4 Å². The number of aliphatic hydroxyl groups is 7. The van der Waals surface area contributed by atoms with E-state index in [1.165, 1.54) is 52.0 Å². The minimum absolute atomic E-state index is 0.0532. The van der Waals surface area contributed by atoms with Gasteiger partial charge in [-0.3, -0.25) is 19.2 Å². The number of ketones is 2. The first-order valence-electron chi connectivity index (χ1n) is 28.6. The molecule has 2 heterocycles. The summed E-state index contributed by atoms with van der Waals surface area (Å²) in [5, 5.41) is 82.8.